The molecule has 0 spiro atoms. The molecule has 1 aliphatic rings. The fraction of sp³-hybridized carbons (Fsp3) is 0.562. The first-order valence-corrected chi connectivity index (χ1v) is 7.39. The first kappa shape index (κ1) is 15.6. The summed E-state index contributed by atoms with van der Waals surface area (Å²) in [6.45, 7) is 5.21. The van der Waals surface area contributed by atoms with Crippen LogP contribution in [0.2, 0.25) is 0 Å². The van der Waals surface area contributed by atoms with Gasteiger partial charge in [0.15, 0.2) is 11.5 Å². The average Bonchev–Trinajstić information content (AvgIpc) is 3.02. The summed E-state index contributed by atoms with van der Waals surface area (Å²) in [5.41, 5.74) is 0.556. The lowest BCUT2D eigenvalue weighted by Crippen LogP contribution is -2.40. The van der Waals surface area contributed by atoms with Crippen LogP contribution in [-0.4, -0.2) is 38.4 Å². The standard InChI is InChI=1S/C16H23NO4/c1-4-20-14-8-7-12(10-15(14)19-3)16(18)17-11(2)13-6-5-9-21-13/h7-8,10-11,13H,4-6,9H2,1-3H3,(H,17,18). The van der Waals surface area contributed by atoms with Crippen molar-refractivity contribution in [3.63, 3.8) is 0 Å². The second kappa shape index (κ2) is 7.31. The monoisotopic (exact) mass is 293 g/mol. The van der Waals surface area contributed by atoms with Gasteiger partial charge in [0, 0.05) is 12.2 Å². The molecule has 1 heterocycles. The quantitative estimate of drug-likeness (QED) is 0.875. The van der Waals surface area contributed by atoms with Crippen LogP contribution in [0.25, 0.3) is 0 Å². The molecule has 0 aliphatic carbocycles. The van der Waals surface area contributed by atoms with Gasteiger partial charge in [0.05, 0.1) is 25.9 Å². The Morgan fingerprint density at radius 2 is 2.29 bits per heavy atom. The third-order valence-electron chi connectivity index (χ3n) is 3.61. The van der Waals surface area contributed by atoms with Crippen molar-refractivity contribution in [1.29, 1.82) is 0 Å². The second-order valence-electron chi connectivity index (χ2n) is 5.11. The van der Waals surface area contributed by atoms with Gasteiger partial charge in [0.2, 0.25) is 0 Å². The Hall–Kier alpha value is -1.75. The molecule has 1 fully saturated rings. The van der Waals surface area contributed by atoms with Crippen LogP contribution >= 0.6 is 0 Å². The SMILES string of the molecule is CCOc1ccc(C(=O)NC(C)C2CCCO2)cc1OC. The number of hydrogen-bond acceptors (Lipinski definition) is 4. The van der Waals surface area contributed by atoms with Gasteiger partial charge in [0.1, 0.15) is 0 Å². The fourth-order valence-corrected chi connectivity index (χ4v) is 2.46. The van der Waals surface area contributed by atoms with E-state index in [1.807, 2.05) is 13.8 Å². The van der Waals surface area contributed by atoms with E-state index in [9.17, 15) is 4.79 Å². The van der Waals surface area contributed by atoms with Crippen molar-refractivity contribution in [2.45, 2.75) is 38.8 Å². The maximum absolute atomic E-state index is 12.3. The molecule has 0 radical (unpaired) electrons. The van der Waals surface area contributed by atoms with Gasteiger partial charge in [-0.2, -0.15) is 0 Å². The normalized spacial score (nSPS) is 19.1. The predicted octanol–water partition coefficient (Wildman–Crippen LogP) is 2.39. The zero-order chi connectivity index (χ0) is 15.2. The molecule has 116 valence electrons. The van der Waals surface area contributed by atoms with E-state index >= 15 is 0 Å². The molecule has 0 saturated carbocycles. The molecule has 1 aliphatic heterocycles. The van der Waals surface area contributed by atoms with Crippen LogP contribution in [0, 0.1) is 0 Å². The lowest BCUT2D eigenvalue weighted by atomic mass is 10.1. The third-order valence-corrected chi connectivity index (χ3v) is 3.61. The van der Waals surface area contributed by atoms with Gasteiger partial charge in [0.25, 0.3) is 5.91 Å². The third kappa shape index (κ3) is 3.88. The summed E-state index contributed by atoms with van der Waals surface area (Å²) in [5, 5.41) is 2.98. The van der Waals surface area contributed by atoms with Crippen molar-refractivity contribution >= 4 is 5.91 Å². The van der Waals surface area contributed by atoms with Crippen molar-refractivity contribution in [3.05, 3.63) is 23.8 Å². The van der Waals surface area contributed by atoms with Gasteiger partial charge in [-0.1, -0.05) is 0 Å². The summed E-state index contributed by atoms with van der Waals surface area (Å²) in [4.78, 5) is 12.3. The van der Waals surface area contributed by atoms with Crippen LogP contribution in [-0.2, 0) is 4.74 Å². The predicted molar refractivity (Wildman–Crippen MR) is 80.1 cm³/mol. The largest absolute Gasteiger partial charge is 0.493 e. The Labute approximate surface area is 125 Å². The highest BCUT2D eigenvalue weighted by molar-refractivity contribution is 5.95. The van der Waals surface area contributed by atoms with Crippen LogP contribution in [0.4, 0.5) is 0 Å². The minimum atomic E-state index is -0.126. The Morgan fingerprint density at radius 1 is 1.48 bits per heavy atom. The van der Waals surface area contributed by atoms with Crippen LogP contribution in [0.1, 0.15) is 37.0 Å². The minimum absolute atomic E-state index is 0.00226. The van der Waals surface area contributed by atoms with Crippen LogP contribution in [0.15, 0.2) is 18.2 Å². The van der Waals surface area contributed by atoms with E-state index in [0.29, 0.717) is 23.7 Å². The average molecular weight is 293 g/mol. The highest BCUT2D eigenvalue weighted by Gasteiger charge is 2.24. The minimum Gasteiger partial charge on any atom is -0.493 e. The molecule has 5 heteroatoms. The number of rotatable bonds is 6. The maximum atomic E-state index is 12.3. The summed E-state index contributed by atoms with van der Waals surface area (Å²) in [6, 6.07) is 5.19. The molecule has 1 amide bonds. The molecule has 2 rings (SSSR count). The van der Waals surface area contributed by atoms with Crippen LogP contribution in [0.5, 0.6) is 11.5 Å². The van der Waals surface area contributed by atoms with Crippen LogP contribution in [0.3, 0.4) is 0 Å². The smallest absolute Gasteiger partial charge is 0.251 e. The number of benzene rings is 1. The van der Waals surface area contributed by atoms with E-state index in [4.69, 9.17) is 14.2 Å². The first-order chi connectivity index (χ1) is 10.2. The molecule has 1 N–H and O–H groups in total. The number of hydrogen-bond donors (Lipinski definition) is 1. The molecule has 21 heavy (non-hydrogen) atoms. The summed E-state index contributed by atoms with van der Waals surface area (Å²) < 4.78 is 16.3. The van der Waals surface area contributed by atoms with Crippen molar-refractivity contribution in [2.24, 2.45) is 0 Å². The molecule has 0 aromatic heterocycles. The lowest BCUT2D eigenvalue weighted by molar-refractivity contribution is 0.0712. The summed E-state index contributed by atoms with van der Waals surface area (Å²) in [7, 11) is 1.56. The number of ether oxygens (including phenoxy) is 3. The zero-order valence-corrected chi connectivity index (χ0v) is 12.8. The topological polar surface area (TPSA) is 56.8 Å². The van der Waals surface area contributed by atoms with Crippen LogP contribution < -0.4 is 14.8 Å². The van der Waals surface area contributed by atoms with E-state index in [1.165, 1.54) is 0 Å². The molecule has 5 nitrogen and oxygen atoms in total. The van der Waals surface area contributed by atoms with E-state index in [1.54, 1.807) is 25.3 Å². The van der Waals surface area contributed by atoms with E-state index in [-0.39, 0.29) is 18.1 Å². The highest BCUT2D eigenvalue weighted by Crippen LogP contribution is 2.28. The van der Waals surface area contributed by atoms with E-state index in [0.717, 1.165) is 19.4 Å². The van der Waals surface area contributed by atoms with E-state index < -0.39 is 0 Å². The molecular formula is C16H23NO4. The molecule has 2 atom stereocenters. The Morgan fingerprint density at radius 3 is 2.90 bits per heavy atom. The molecule has 1 aromatic carbocycles. The lowest BCUT2D eigenvalue weighted by Gasteiger charge is -2.20. The van der Waals surface area contributed by atoms with Crippen molar-refractivity contribution in [3.8, 4) is 11.5 Å². The zero-order valence-electron chi connectivity index (χ0n) is 12.8. The maximum Gasteiger partial charge on any atom is 0.251 e. The molecule has 1 aromatic rings. The van der Waals surface area contributed by atoms with Gasteiger partial charge in [-0.3, -0.25) is 4.79 Å². The van der Waals surface area contributed by atoms with Gasteiger partial charge < -0.3 is 19.5 Å². The van der Waals surface area contributed by atoms with Gasteiger partial charge in [-0.05, 0) is 44.9 Å². The summed E-state index contributed by atoms with van der Waals surface area (Å²) >= 11 is 0. The highest BCUT2D eigenvalue weighted by atomic mass is 16.5. The molecule has 1 saturated heterocycles. The molecule has 2 unspecified atom stereocenters. The van der Waals surface area contributed by atoms with Crippen molar-refractivity contribution in [2.75, 3.05) is 20.3 Å². The van der Waals surface area contributed by atoms with Gasteiger partial charge >= 0.3 is 0 Å². The van der Waals surface area contributed by atoms with E-state index in [2.05, 4.69) is 5.32 Å². The van der Waals surface area contributed by atoms with Gasteiger partial charge in [-0.15, -0.1) is 0 Å². The fourth-order valence-electron chi connectivity index (χ4n) is 2.46. The second-order valence-corrected chi connectivity index (χ2v) is 5.11. The molecular weight excluding hydrogens is 270 g/mol. The van der Waals surface area contributed by atoms with Gasteiger partial charge in [-0.25, -0.2) is 0 Å². The Bertz CT molecular complexity index is 483. The first-order valence-electron chi connectivity index (χ1n) is 7.39. The number of methoxy groups -OCH3 is 1. The van der Waals surface area contributed by atoms with Crippen molar-refractivity contribution < 1.29 is 19.0 Å². The summed E-state index contributed by atoms with van der Waals surface area (Å²) in [5.74, 6) is 1.08. The Kier molecular flexibility index (Phi) is 5.44. The molecule has 0 bridgehead atoms. The summed E-state index contributed by atoms with van der Waals surface area (Å²) in [6.07, 6.45) is 2.16. The Balaban J connectivity index is 2.04. The number of amides is 1. The van der Waals surface area contributed by atoms with Crippen molar-refractivity contribution in [1.82, 2.24) is 5.32 Å². The number of nitrogens with one attached hydrogen (secondary N) is 1. The number of carbonyl (C=O) groups excluding carboxylic acids is 1. The number of carbonyl (C=O) groups is 1.